The minimum atomic E-state index is -0.0417. The standard InChI is InChI=1S/C10H13IN4O/c11-8-9(13-5-14-10(8)16)15-2-1-6-3-12-4-7(6)15/h5-7,12H,1-4H2,(H,13,14,16)/t6-,7+/m0/s1. The summed E-state index contributed by atoms with van der Waals surface area (Å²) in [7, 11) is 0. The van der Waals surface area contributed by atoms with E-state index in [1.807, 2.05) is 0 Å². The summed E-state index contributed by atoms with van der Waals surface area (Å²) in [6.45, 7) is 3.12. The molecule has 3 rings (SSSR count). The Hall–Kier alpha value is -0.630. The van der Waals surface area contributed by atoms with Crippen LogP contribution in [0.1, 0.15) is 6.42 Å². The van der Waals surface area contributed by atoms with E-state index in [2.05, 4.69) is 42.8 Å². The number of halogens is 1. The predicted octanol–water partition coefficient (Wildman–Crippen LogP) is 0.173. The van der Waals surface area contributed by atoms with Gasteiger partial charge in [-0.25, -0.2) is 4.98 Å². The molecule has 16 heavy (non-hydrogen) atoms. The third-order valence-corrected chi connectivity index (χ3v) is 4.47. The summed E-state index contributed by atoms with van der Waals surface area (Å²) in [6.07, 6.45) is 2.69. The average molecular weight is 332 g/mol. The molecule has 2 fully saturated rings. The SMILES string of the molecule is O=c1[nH]cnc(N2CC[C@H]3CNC[C@H]32)c1I. The van der Waals surface area contributed by atoms with E-state index in [9.17, 15) is 4.79 Å². The number of anilines is 1. The van der Waals surface area contributed by atoms with Gasteiger partial charge in [0.05, 0.1) is 6.33 Å². The Morgan fingerprint density at radius 1 is 1.50 bits per heavy atom. The van der Waals surface area contributed by atoms with Gasteiger partial charge in [-0.3, -0.25) is 4.79 Å². The molecule has 86 valence electrons. The zero-order valence-electron chi connectivity index (χ0n) is 8.74. The fraction of sp³-hybridized carbons (Fsp3) is 0.600. The Morgan fingerprint density at radius 2 is 2.38 bits per heavy atom. The van der Waals surface area contributed by atoms with Crippen molar-refractivity contribution >= 4 is 28.4 Å². The molecule has 0 unspecified atom stereocenters. The largest absolute Gasteiger partial charge is 0.351 e. The second kappa shape index (κ2) is 3.99. The molecule has 1 aromatic heterocycles. The van der Waals surface area contributed by atoms with Crippen molar-refractivity contribution in [1.82, 2.24) is 15.3 Å². The molecule has 0 spiro atoms. The number of H-pyrrole nitrogens is 1. The first kappa shape index (κ1) is 10.5. The predicted molar refractivity (Wildman–Crippen MR) is 69.7 cm³/mol. The van der Waals surface area contributed by atoms with Gasteiger partial charge >= 0.3 is 0 Å². The van der Waals surface area contributed by atoms with Gasteiger partial charge in [-0.1, -0.05) is 0 Å². The number of nitrogens with zero attached hydrogens (tertiary/aromatic N) is 2. The Morgan fingerprint density at radius 3 is 3.25 bits per heavy atom. The van der Waals surface area contributed by atoms with E-state index in [0.717, 1.165) is 31.4 Å². The molecule has 6 heteroatoms. The fourth-order valence-corrected chi connectivity index (χ4v) is 3.29. The van der Waals surface area contributed by atoms with Gasteiger partial charge in [-0.15, -0.1) is 0 Å². The first-order chi connectivity index (χ1) is 7.77. The van der Waals surface area contributed by atoms with Gasteiger partial charge in [-0.05, 0) is 34.9 Å². The zero-order chi connectivity index (χ0) is 11.1. The molecule has 0 amide bonds. The number of fused-ring (bicyclic) bond motifs is 1. The van der Waals surface area contributed by atoms with Gasteiger partial charge < -0.3 is 15.2 Å². The molecule has 2 atom stereocenters. The molecule has 2 N–H and O–H groups in total. The Bertz CT molecular complexity index is 460. The Kier molecular flexibility index (Phi) is 2.62. The van der Waals surface area contributed by atoms with Crippen LogP contribution in [0.4, 0.5) is 5.82 Å². The first-order valence-electron chi connectivity index (χ1n) is 5.48. The minimum absolute atomic E-state index is 0.0417. The molecule has 5 nitrogen and oxygen atoms in total. The number of aromatic amines is 1. The fourth-order valence-electron chi connectivity index (χ4n) is 2.69. The average Bonchev–Trinajstić information content (AvgIpc) is 2.84. The van der Waals surface area contributed by atoms with Crippen molar-refractivity contribution in [3.05, 3.63) is 20.3 Å². The van der Waals surface area contributed by atoms with Crippen LogP contribution in [0.15, 0.2) is 11.1 Å². The number of rotatable bonds is 1. The molecule has 0 bridgehead atoms. The van der Waals surface area contributed by atoms with Gasteiger partial charge in [0.25, 0.3) is 5.56 Å². The minimum Gasteiger partial charge on any atom is -0.351 e. The molecular formula is C10H13IN4O. The molecule has 1 aromatic rings. The highest BCUT2D eigenvalue weighted by molar-refractivity contribution is 14.1. The Balaban J connectivity index is 1.98. The quantitative estimate of drug-likeness (QED) is 0.720. The maximum absolute atomic E-state index is 11.5. The molecule has 3 heterocycles. The van der Waals surface area contributed by atoms with E-state index < -0.39 is 0 Å². The Labute approximate surface area is 107 Å². The van der Waals surface area contributed by atoms with Crippen LogP contribution in [0.5, 0.6) is 0 Å². The van der Waals surface area contributed by atoms with E-state index in [-0.39, 0.29) is 5.56 Å². The smallest absolute Gasteiger partial charge is 0.266 e. The lowest BCUT2D eigenvalue weighted by Gasteiger charge is -2.24. The van der Waals surface area contributed by atoms with Gasteiger partial charge in [0, 0.05) is 25.7 Å². The summed E-state index contributed by atoms with van der Waals surface area (Å²) in [4.78, 5) is 20.7. The maximum Gasteiger partial charge on any atom is 0.266 e. The van der Waals surface area contributed by atoms with Crippen LogP contribution in [-0.2, 0) is 0 Å². The van der Waals surface area contributed by atoms with Crippen LogP contribution in [0.3, 0.4) is 0 Å². The molecule has 2 saturated heterocycles. The summed E-state index contributed by atoms with van der Waals surface area (Å²) < 4.78 is 0.702. The van der Waals surface area contributed by atoms with Gasteiger partial charge in [0.15, 0.2) is 0 Å². The van der Waals surface area contributed by atoms with E-state index >= 15 is 0 Å². The second-order valence-electron chi connectivity index (χ2n) is 4.34. The lowest BCUT2D eigenvalue weighted by molar-refractivity contribution is 0.577. The van der Waals surface area contributed by atoms with Gasteiger partial charge in [0.2, 0.25) is 0 Å². The highest BCUT2D eigenvalue weighted by Crippen LogP contribution is 2.31. The summed E-state index contributed by atoms with van der Waals surface area (Å²) in [6, 6.07) is 0.516. The van der Waals surface area contributed by atoms with Crippen molar-refractivity contribution in [2.24, 2.45) is 5.92 Å². The molecular weight excluding hydrogens is 319 g/mol. The molecule has 0 saturated carbocycles. The number of nitrogens with one attached hydrogen (secondary N) is 2. The van der Waals surface area contributed by atoms with E-state index in [1.165, 1.54) is 12.7 Å². The van der Waals surface area contributed by atoms with Crippen LogP contribution in [0, 0.1) is 9.49 Å². The van der Waals surface area contributed by atoms with Crippen molar-refractivity contribution in [2.75, 3.05) is 24.5 Å². The monoisotopic (exact) mass is 332 g/mol. The van der Waals surface area contributed by atoms with Crippen molar-refractivity contribution in [3.8, 4) is 0 Å². The van der Waals surface area contributed by atoms with Crippen LogP contribution < -0.4 is 15.8 Å². The van der Waals surface area contributed by atoms with Crippen molar-refractivity contribution in [2.45, 2.75) is 12.5 Å². The summed E-state index contributed by atoms with van der Waals surface area (Å²) in [5.41, 5.74) is -0.0417. The van der Waals surface area contributed by atoms with Crippen LogP contribution in [0.2, 0.25) is 0 Å². The second-order valence-corrected chi connectivity index (χ2v) is 5.42. The lowest BCUT2D eigenvalue weighted by Crippen LogP contribution is -2.36. The summed E-state index contributed by atoms with van der Waals surface area (Å²) in [5, 5.41) is 3.40. The summed E-state index contributed by atoms with van der Waals surface area (Å²) >= 11 is 2.08. The lowest BCUT2D eigenvalue weighted by atomic mass is 10.1. The number of hydrogen-bond acceptors (Lipinski definition) is 4. The molecule has 2 aliphatic rings. The summed E-state index contributed by atoms with van der Waals surface area (Å²) in [5.74, 6) is 1.57. The van der Waals surface area contributed by atoms with E-state index in [4.69, 9.17) is 0 Å². The highest BCUT2D eigenvalue weighted by atomic mass is 127. The van der Waals surface area contributed by atoms with Crippen LogP contribution in [-0.4, -0.2) is 35.6 Å². The van der Waals surface area contributed by atoms with Crippen molar-refractivity contribution < 1.29 is 0 Å². The van der Waals surface area contributed by atoms with Gasteiger partial charge in [0.1, 0.15) is 9.39 Å². The van der Waals surface area contributed by atoms with Crippen LogP contribution in [0.25, 0.3) is 0 Å². The van der Waals surface area contributed by atoms with E-state index in [0.29, 0.717) is 9.61 Å². The topological polar surface area (TPSA) is 61.0 Å². The van der Waals surface area contributed by atoms with Gasteiger partial charge in [-0.2, -0.15) is 0 Å². The van der Waals surface area contributed by atoms with Crippen molar-refractivity contribution in [3.63, 3.8) is 0 Å². The number of hydrogen-bond donors (Lipinski definition) is 2. The third-order valence-electron chi connectivity index (χ3n) is 3.50. The van der Waals surface area contributed by atoms with Crippen LogP contribution >= 0.6 is 22.6 Å². The van der Waals surface area contributed by atoms with Crippen molar-refractivity contribution in [1.29, 1.82) is 0 Å². The van der Waals surface area contributed by atoms with E-state index in [1.54, 1.807) is 0 Å². The normalized spacial score (nSPS) is 28.4. The highest BCUT2D eigenvalue weighted by Gasteiger charge is 2.38. The zero-order valence-corrected chi connectivity index (χ0v) is 10.9. The molecule has 0 aliphatic carbocycles. The first-order valence-corrected chi connectivity index (χ1v) is 6.56. The molecule has 0 radical (unpaired) electrons. The number of aromatic nitrogens is 2. The third kappa shape index (κ3) is 1.55. The maximum atomic E-state index is 11.5. The molecule has 0 aromatic carbocycles. The molecule has 2 aliphatic heterocycles.